The Hall–Kier alpha value is -2.24. The van der Waals surface area contributed by atoms with Gasteiger partial charge in [0, 0.05) is 38.4 Å². The maximum absolute atomic E-state index is 10.6. The van der Waals surface area contributed by atoms with Crippen LogP contribution in [0.15, 0.2) is 42.5 Å². The van der Waals surface area contributed by atoms with Crippen LogP contribution in [0.5, 0.6) is 11.5 Å². The molecule has 0 aliphatic carbocycles. The van der Waals surface area contributed by atoms with Crippen LogP contribution in [0.25, 0.3) is 0 Å². The van der Waals surface area contributed by atoms with E-state index in [2.05, 4.69) is 41.0 Å². The predicted molar refractivity (Wildman–Crippen MR) is 102 cm³/mol. The first-order chi connectivity index (χ1) is 12.7. The van der Waals surface area contributed by atoms with Gasteiger partial charge < -0.3 is 19.5 Å². The zero-order valence-electron chi connectivity index (χ0n) is 15.2. The molecule has 0 aromatic heterocycles. The molecule has 1 atom stereocenters. The molecule has 0 saturated carbocycles. The van der Waals surface area contributed by atoms with Gasteiger partial charge in [0.2, 0.25) is 0 Å². The van der Waals surface area contributed by atoms with Gasteiger partial charge in [0.1, 0.15) is 13.2 Å². The van der Waals surface area contributed by atoms with Crippen molar-refractivity contribution in [1.82, 2.24) is 4.90 Å². The lowest BCUT2D eigenvalue weighted by Crippen LogP contribution is -2.47. The standard InChI is InChI=1S/C21H26N2O3/c1-16-3-2-4-18(13-16)23-9-7-22(8-10-23)15-19(24)17-5-6-20-21(14-17)26-12-11-25-20/h2-6,13-14,19,24H,7-12,15H2,1H3. The Kier molecular flexibility index (Phi) is 5.00. The molecule has 2 aromatic rings. The number of anilines is 1. The number of rotatable bonds is 4. The average Bonchev–Trinajstić information content (AvgIpc) is 2.68. The number of hydrogen-bond acceptors (Lipinski definition) is 5. The molecule has 0 radical (unpaired) electrons. The fraction of sp³-hybridized carbons (Fsp3) is 0.429. The molecule has 2 aliphatic heterocycles. The summed E-state index contributed by atoms with van der Waals surface area (Å²) in [5.41, 5.74) is 3.46. The van der Waals surface area contributed by atoms with Crippen molar-refractivity contribution < 1.29 is 14.6 Å². The smallest absolute Gasteiger partial charge is 0.161 e. The number of nitrogens with zero attached hydrogens (tertiary/aromatic N) is 2. The van der Waals surface area contributed by atoms with Gasteiger partial charge >= 0.3 is 0 Å². The second-order valence-electron chi connectivity index (χ2n) is 7.05. The first-order valence-corrected chi connectivity index (χ1v) is 9.30. The van der Waals surface area contributed by atoms with Crippen molar-refractivity contribution in [3.05, 3.63) is 53.6 Å². The van der Waals surface area contributed by atoms with Crippen LogP contribution in [-0.4, -0.2) is 55.9 Å². The first-order valence-electron chi connectivity index (χ1n) is 9.30. The molecule has 5 nitrogen and oxygen atoms in total. The molecule has 2 heterocycles. The van der Waals surface area contributed by atoms with Crippen molar-refractivity contribution in [2.45, 2.75) is 13.0 Å². The molecule has 5 heteroatoms. The summed E-state index contributed by atoms with van der Waals surface area (Å²) in [5, 5.41) is 10.6. The Morgan fingerprint density at radius 1 is 0.962 bits per heavy atom. The molecular weight excluding hydrogens is 328 g/mol. The van der Waals surface area contributed by atoms with Crippen molar-refractivity contribution in [2.24, 2.45) is 0 Å². The number of piperazine rings is 1. The molecule has 2 aromatic carbocycles. The van der Waals surface area contributed by atoms with Crippen LogP contribution < -0.4 is 14.4 Å². The van der Waals surface area contributed by atoms with Gasteiger partial charge in [-0.2, -0.15) is 0 Å². The molecule has 0 spiro atoms. The van der Waals surface area contributed by atoms with Crippen LogP contribution in [-0.2, 0) is 0 Å². The van der Waals surface area contributed by atoms with E-state index in [9.17, 15) is 5.11 Å². The highest BCUT2D eigenvalue weighted by molar-refractivity contribution is 5.49. The average molecular weight is 354 g/mol. The summed E-state index contributed by atoms with van der Waals surface area (Å²) in [6.07, 6.45) is -0.517. The molecule has 138 valence electrons. The van der Waals surface area contributed by atoms with E-state index in [0.717, 1.165) is 43.2 Å². The summed E-state index contributed by atoms with van der Waals surface area (Å²) in [7, 11) is 0. The maximum atomic E-state index is 10.6. The molecule has 26 heavy (non-hydrogen) atoms. The Bertz CT molecular complexity index is 757. The number of fused-ring (bicyclic) bond motifs is 1. The minimum Gasteiger partial charge on any atom is -0.486 e. The summed E-state index contributed by atoms with van der Waals surface area (Å²) in [6.45, 7) is 7.79. The third kappa shape index (κ3) is 3.79. The second kappa shape index (κ2) is 7.56. The predicted octanol–water partition coefficient (Wildman–Crippen LogP) is 2.62. The number of aliphatic hydroxyl groups is 1. The van der Waals surface area contributed by atoms with Crippen LogP contribution in [0.1, 0.15) is 17.2 Å². The zero-order valence-corrected chi connectivity index (χ0v) is 15.2. The van der Waals surface area contributed by atoms with Crippen LogP contribution in [0.4, 0.5) is 5.69 Å². The molecule has 1 N–H and O–H groups in total. The highest BCUT2D eigenvalue weighted by atomic mass is 16.6. The molecular formula is C21H26N2O3. The van der Waals surface area contributed by atoms with Gasteiger partial charge in [-0.05, 0) is 42.3 Å². The number of aryl methyl sites for hydroxylation is 1. The Morgan fingerprint density at radius 2 is 1.73 bits per heavy atom. The topological polar surface area (TPSA) is 45.2 Å². The first kappa shape index (κ1) is 17.2. The minimum atomic E-state index is -0.517. The lowest BCUT2D eigenvalue weighted by molar-refractivity contribution is 0.108. The van der Waals surface area contributed by atoms with E-state index in [0.29, 0.717) is 19.8 Å². The van der Waals surface area contributed by atoms with Crippen molar-refractivity contribution in [3.63, 3.8) is 0 Å². The van der Waals surface area contributed by atoms with Gasteiger partial charge in [-0.15, -0.1) is 0 Å². The van der Waals surface area contributed by atoms with Crippen molar-refractivity contribution in [1.29, 1.82) is 0 Å². The van der Waals surface area contributed by atoms with E-state index in [4.69, 9.17) is 9.47 Å². The van der Waals surface area contributed by atoms with E-state index >= 15 is 0 Å². The molecule has 2 aliphatic rings. The molecule has 4 rings (SSSR count). The van der Waals surface area contributed by atoms with E-state index in [1.54, 1.807) is 0 Å². The van der Waals surface area contributed by atoms with E-state index in [1.807, 2.05) is 18.2 Å². The zero-order chi connectivity index (χ0) is 17.9. The summed E-state index contributed by atoms with van der Waals surface area (Å²) >= 11 is 0. The highest BCUT2D eigenvalue weighted by Crippen LogP contribution is 2.33. The van der Waals surface area contributed by atoms with Crippen LogP contribution in [0, 0.1) is 6.92 Å². The van der Waals surface area contributed by atoms with Gasteiger partial charge in [-0.25, -0.2) is 0 Å². The molecule has 1 saturated heterocycles. The van der Waals surface area contributed by atoms with Crippen LogP contribution >= 0.6 is 0 Å². The van der Waals surface area contributed by atoms with Crippen molar-refractivity contribution >= 4 is 5.69 Å². The Morgan fingerprint density at radius 3 is 2.50 bits per heavy atom. The quantitative estimate of drug-likeness (QED) is 0.914. The van der Waals surface area contributed by atoms with Gasteiger partial charge in [0.15, 0.2) is 11.5 Å². The largest absolute Gasteiger partial charge is 0.486 e. The van der Waals surface area contributed by atoms with Crippen molar-refractivity contribution in [2.75, 3.05) is 50.8 Å². The number of β-amino-alcohol motifs (C(OH)–C–C–N with tert-alkyl or cyclic N) is 1. The minimum absolute atomic E-state index is 0.517. The molecule has 0 amide bonds. The van der Waals surface area contributed by atoms with Crippen LogP contribution in [0.3, 0.4) is 0 Å². The Balaban J connectivity index is 1.34. The third-order valence-corrected chi connectivity index (χ3v) is 5.12. The van der Waals surface area contributed by atoms with Gasteiger partial charge in [-0.3, -0.25) is 4.90 Å². The monoisotopic (exact) mass is 354 g/mol. The Labute approximate surface area is 154 Å². The highest BCUT2D eigenvalue weighted by Gasteiger charge is 2.21. The molecule has 1 fully saturated rings. The SMILES string of the molecule is Cc1cccc(N2CCN(CC(O)c3ccc4c(c3)OCCO4)CC2)c1. The summed E-state index contributed by atoms with van der Waals surface area (Å²) in [5.74, 6) is 1.50. The maximum Gasteiger partial charge on any atom is 0.161 e. The summed E-state index contributed by atoms with van der Waals surface area (Å²) in [4.78, 5) is 4.74. The number of hydrogen-bond donors (Lipinski definition) is 1. The fourth-order valence-electron chi connectivity index (χ4n) is 3.63. The number of aliphatic hydroxyl groups excluding tert-OH is 1. The third-order valence-electron chi connectivity index (χ3n) is 5.12. The van der Waals surface area contributed by atoms with Gasteiger partial charge in [0.25, 0.3) is 0 Å². The van der Waals surface area contributed by atoms with E-state index in [-0.39, 0.29) is 0 Å². The summed E-state index contributed by atoms with van der Waals surface area (Å²) < 4.78 is 11.2. The summed E-state index contributed by atoms with van der Waals surface area (Å²) in [6, 6.07) is 14.4. The van der Waals surface area contributed by atoms with Gasteiger partial charge in [0.05, 0.1) is 6.10 Å². The van der Waals surface area contributed by atoms with Gasteiger partial charge in [-0.1, -0.05) is 18.2 Å². The van der Waals surface area contributed by atoms with E-state index in [1.165, 1.54) is 11.3 Å². The van der Waals surface area contributed by atoms with Crippen LogP contribution in [0.2, 0.25) is 0 Å². The number of benzene rings is 2. The normalized spacial score (nSPS) is 18.6. The number of ether oxygens (including phenoxy) is 2. The molecule has 0 bridgehead atoms. The fourth-order valence-corrected chi connectivity index (χ4v) is 3.63. The lowest BCUT2D eigenvalue weighted by Gasteiger charge is -2.37. The van der Waals surface area contributed by atoms with E-state index < -0.39 is 6.10 Å². The molecule has 1 unspecified atom stereocenters. The second-order valence-corrected chi connectivity index (χ2v) is 7.05. The van der Waals surface area contributed by atoms with Crippen molar-refractivity contribution in [3.8, 4) is 11.5 Å². The lowest BCUT2D eigenvalue weighted by atomic mass is 10.1.